The largest absolute Gasteiger partial charge is 0.486 e. The molecule has 3 aliphatic rings. The third-order valence-electron chi connectivity index (χ3n) is 5.08. The van der Waals surface area contributed by atoms with E-state index in [0.717, 1.165) is 24.2 Å². The van der Waals surface area contributed by atoms with Crippen molar-refractivity contribution in [1.82, 2.24) is 10.2 Å². The van der Waals surface area contributed by atoms with Gasteiger partial charge in [-0.15, -0.1) is 0 Å². The molecule has 2 N–H and O–H groups in total. The highest BCUT2D eigenvalue weighted by Crippen LogP contribution is 2.34. The Morgan fingerprint density at radius 1 is 1.12 bits per heavy atom. The molecule has 1 aromatic carbocycles. The molecule has 2 aliphatic heterocycles. The van der Waals surface area contributed by atoms with E-state index >= 15 is 0 Å². The van der Waals surface area contributed by atoms with Gasteiger partial charge in [0.05, 0.1) is 0 Å². The average Bonchev–Trinajstić information content (AvgIpc) is 2.86. The number of nitrogens with zero attached hydrogens (tertiary/aromatic N) is 1. The highest BCUT2D eigenvalue weighted by Gasteiger charge is 2.51. The predicted octanol–water partition coefficient (Wildman–Crippen LogP) is 1.65. The summed E-state index contributed by atoms with van der Waals surface area (Å²) in [6.45, 7) is 0.641. The van der Waals surface area contributed by atoms with E-state index in [9.17, 15) is 14.4 Å². The molecule has 1 aromatic rings. The summed E-state index contributed by atoms with van der Waals surface area (Å²) in [5, 5.41) is 5.50. The molecule has 8 nitrogen and oxygen atoms in total. The molecule has 2 fully saturated rings. The molecule has 0 unspecified atom stereocenters. The van der Waals surface area contributed by atoms with E-state index in [1.54, 1.807) is 18.2 Å². The number of hydrogen-bond acceptors (Lipinski definition) is 5. The maximum absolute atomic E-state index is 12.7. The number of amides is 4. The summed E-state index contributed by atoms with van der Waals surface area (Å²) >= 11 is 0. The number of urea groups is 1. The lowest BCUT2D eigenvalue weighted by Gasteiger charge is -2.30. The lowest BCUT2D eigenvalue weighted by Crippen LogP contribution is -2.48. The van der Waals surface area contributed by atoms with Crippen LogP contribution >= 0.6 is 0 Å². The maximum Gasteiger partial charge on any atom is 0.325 e. The van der Waals surface area contributed by atoms with Crippen molar-refractivity contribution in [1.29, 1.82) is 0 Å². The van der Waals surface area contributed by atoms with Crippen LogP contribution in [0.4, 0.5) is 10.5 Å². The fourth-order valence-corrected chi connectivity index (χ4v) is 3.78. The van der Waals surface area contributed by atoms with E-state index in [-0.39, 0.29) is 12.5 Å². The molecule has 26 heavy (non-hydrogen) atoms. The van der Waals surface area contributed by atoms with Crippen molar-refractivity contribution >= 4 is 23.5 Å². The number of benzene rings is 1. The lowest BCUT2D eigenvalue weighted by atomic mass is 9.82. The first kappa shape index (κ1) is 16.7. The zero-order valence-electron chi connectivity index (χ0n) is 14.4. The summed E-state index contributed by atoms with van der Waals surface area (Å²) in [6, 6.07) is 4.59. The molecule has 0 bridgehead atoms. The fourth-order valence-electron chi connectivity index (χ4n) is 3.78. The molecule has 0 atom stereocenters. The first-order valence-corrected chi connectivity index (χ1v) is 8.91. The van der Waals surface area contributed by atoms with Gasteiger partial charge in [-0.3, -0.25) is 14.5 Å². The molecule has 1 saturated heterocycles. The molecule has 138 valence electrons. The van der Waals surface area contributed by atoms with Crippen molar-refractivity contribution in [2.24, 2.45) is 0 Å². The monoisotopic (exact) mass is 359 g/mol. The van der Waals surface area contributed by atoms with Crippen molar-refractivity contribution in [3.05, 3.63) is 18.2 Å². The minimum atomic E-state index is -0.813. The zero-order valence-corrected chi connectivity index (χ0v) is 14.4. The van der Waals surface area contributed by atoms with Gasteiger partial charge in [-0.05, 0) is 25.0 Å². The second-order valence-corrected chi connectivity index (χ2v) is 6.87. The smallest absolute Gasteiger partial charge is 0.325 e. The molecular weight excluding hydrogens is 338 g/mol. The van der Waals surface area contributed by atoms with E-state index in [4.69, 9.17) is 9.47 Å². The molecule has 4 amide bonds. The quantitative estimate of drug-likeness (QED) is 0.800. The van der Waals surface area contributed by atoms with Crippen LogP contribution < -0.4 is 20.1 Å². The molecule has 1 aliphatic carbocycles. The summed E-state index contributed by atoms with van der Waals surface area (Å²) in [5.41, 5.74) is -0.286. The Kier molecular flexibility index (Phi) is 4.18. The van der Waals surface area contributed by atoms with Crippen LogP contribution in [-0.4, -0.2) is 48.0 Å². The average molecular weight is 359 g/mol. The van der Waals surface area contributed by atoms with Gasteiger partial charge >= 0.3 is 6.03 Å². The molecule has 2 heterocycles. The Labute approximate surface area is 150 Å². The molecule has 0 radical (unpaired) electrons. The van der Waals surface area contributed by atoms with Crippen molar-refractivity contribution in [3.8, 4) is 11.5 Å². The third-order valence-corrected chi connectivity index (χ3v) is 5.08. The van der Waals surface area contributed by atoms with E-state index in [0.29, 0.717) is 43.2 Å². The number of hydrogen-bond donors (Lipinski definition) is 2. The van der Waals surface area contributed by atoms with Crippen LogP contribution in [0.15, 0.2) is 18.2 Å². The number of carbonyl (C=O) groups is 3. The van der Waals surface area contributed by atoms with Gasteiger partial charge in [0.2, 0.25) is 5.91 Å². The minimum absolute atomic E-state index is 0.292. The Balaban J connectivity index is 1.42. The van der Waals surface area contributed by atoms with Gasteiger partial charge in [0, 0.05) is 11.8 Å². The van der Waals surface area contributed by atoms with Crippen molar-refractivity contribution in [2.45, 2.75) is 37.6 Å². The molecule has 8 heteroatoms. The van der Waals surface area contributed by atoms with Crippen molar-refractivity contribution in [2.75, 3.05) is 25.1 Å². The summed E-state index contributed by atoms with van der Waals surface area (Å²) in [7, 11) is 0. The Hall–Kier alpha value is -2.77. The number of carbonyl (C=O) groups excluding carboxylic acids is 3. The first-order chi connectivity index (χ1) is 12.6. The van der Waals surface area contributed by atoms with Gasteiger partial charge < -0.3 is 20.1 Å². The highest BCUT2D eigenvalue weighted by molar-refractivity contribution is 6.10. The number of anilines is 1. The topological polar surface area (TPSA) is 97.0 Å². The van der Waals surface area contributed by atoms with E-state index in [2.05, 4.69) is 10.6 Å². The number of imide groups is 1. The van der Waals surface area contributed by atoms with Crippen LogP contribution in [0.25, 0.3) is 0 Å². The van der Waals surface area contributed by atoms with Crippen LogP contribution in [0.2, 0.25) is 0 Å². The van der Waals surface area contributed by atoms with Crippen molar-refractivity contribution < 1.29 is 23.9 Å². The van der Waals surface area contributed by atoms with Crippen LogP contribution in [0.3, 0.4) is 0 Å². The van der Waals surface area contributed by atoms with Gasteiger partial charge in [-0.25, -0.2) is 4.79 Å². The van der Waals surface area contributed by atoms with Crippen molar-refractivity contribution in [3.63, 3.8) is 0 Å². The first-order valence-electron chi connectivity index (χ1n) is 8.91. The minimum Gasteiger partial charge on any atom is -0.486 e. The van der Waals surface area contributed by atoms with Gasteiger partial charge in [0.1, 0.15) is 25.3 Å². The van der Waals surface area contributed by atoms with Gasteiger partial charge in [-0.2, -0.15) is 0 Å². The summed E-state index contributed by atoms with van der Waals surface area (Å²) in [4.78, 5) is 38.3. The number of rotatable bonds is 3. The summed E-state index contributed by atoms with van der Waals surface area (Å²) in [6.07, 6.45) is 4.15. The Morgan fingerprint density at radius 2 is 1.85 bits per heavy atom. The normalized spacial score (nSPS) is 20.8. The van der Waals surface area contributed by atoms with Gasteiger partial charge in [0.25, 0.3) is 5.91 Å². The lowest BCUT2D eigenvalue weighted by molar-refractivity contribution is -0.134. The van der Waals surface area contributed by atoms with Gasteiger partial charge in [0.15, 0.2) is 11.5 Å². The predicted molar refractivity (Wildman–Crippen MR) is 92.1 cm³/mol. The van der Waals surface area contributed by atoms with Crippen LogP contribution in [-0.2, 0) is 9.59 Å². The molecule has 1 saturated carbocycles. The van der Waals surface area contributed by atoms with Gasteiger partial charge in [-0.1, -0.05) is 19.3 Å². The molecular formula is C18H21N3O5. The van der Waals surface area contributed by atoms with E-state index in [1.165, 1.54) is 0 Å². The standard InChI is InChI=1S/C18H21N3O5/c22-15(19-12-4-5-13-14(10-12)26-9-8-25-13)11-21-16(23)18(20-17(21)24)6-2-1-3-7-18/h4-5,10H,1-3,6-9,11H2,(H,19,22)(H,20,24). The Bertz CT molecular complexity index is 757. The second kappa shape index (κ2) is 6.51. The van der Waals surface area contributed by atoms with Crippen LogP contribution in [0.1, 0.15) is 32.1 Å². The Morgan fingerprint density at radius 3 is 2.62 bits per heavy atom. The van der Waals surface area contributed by atoms with E-state index < -0.39 is 17.5 Å². The van der Waals surface area contributed by atoms with E-state index in [1.807, 2.05) is 0 Å². The zero-order chi connectivity index (χ0) is 18.1. The number of ether oxygens (including phenoxy) is 2. The SMILES string of the molecule is O=C(CN1C(=O)NC2(CCCCC2)C1=O)Nc1ccc2c(c1)OCCO2. The highest BCUT2D eigenvalue weighted by atomic mass is 16.6. The molecule has 1 spiro atoms. The maximum atomic E-state index is 12.7. The third kappa shape index (κ3) is 2.95. The molecule has 4 rings (SSSR count). The van der Waals surface area contributed by atoms with Crippen LogP contribution in [0.5, 0.6) is 11.5 Å². The van der Waals surface area contributed by atoms with Crippen LogP contribution in [0, 0.1) is 0 Å². The molecule has 0 aromatic heterocycles. The summed E-state index contributed by atoms with van der Waals surface area (Å²) in [5.74, 6) is 0.463. The number of nitrogens with one attached hydrogen (secondary N) is 2. The summed E-state index contributed by atoms with van der Waals surface area (Å²) < 4.78 is 10.9. The fraction of sp³-hybridized carbons (Fsp3) is 0.500. The number of fused-ring (bicyclic) bond motifs is 1. The second-order valence-electron chi connectivity index (χ2n) is 6.87.